The van der Waals surface area contributed by atoms with E-state index in [2.05, 4.69) is 14.7 Å². The molecule has 31 heavy (non-hydrogen) atoms. The summed E-state index contributed by atoms with van der Waals surface area (Å²) in [6, 6.07) is 10.0. The third kappa shape index (κ3) is 4.90. The van der Waals surface area contributed by atoms with Gasteiger partial charge >= 0.3 is 5.97 Å². The first kappa shape index (κ1) is 22.0. The molecule has 0 aliphatic carbocycles. The monoisotopic (exact) mass is 441 g/mol. The predicted octanol–water partition coefficient (Wildman–Crippen LogP) is 3.39. The number of ether oxygens (including phenoxy) is 3. The van der Waals surface area contributed by atoms with Crippen LogP contribution < -0.4 is 15.0 Å². The van der Waals surface area contributed by atoms with Crippen LogP contribution in [0.1, 0.15) is 28.8 Å². The predicted molar refractivity (Wildman–Crippen MR) is 112 cm³/mol. The molecular weight excluding hydrogens is 422 g/mol. The number of thioether (sulfide) groups is 1. The van der Waals surface area contributed by atoms with E-state index in [1.807, 2.05) is 13.0 Å². The van der Waals surface area contributed by atoms with E-state index in [9.17, 15) is 14.9 Å². The number of rotatable bonds is 8. The van der Waals surface area contributed by atoms with Crippen LogP contribution in [0.25, 0.3) is 11.3 Å². The molecule has 0 aliphatic rings. The molecular formula is C21H19N3O6S. The summed E-state index contributed by atoms with van der Waals surface area (Å²) in [5.74, 6) is 0.774. The van der Waals surface area contributed by atoms with Crippen molar-refractivity contribution in [2.45, 2.75) is 18.7 Å². The first-order valence-electron chi connectivity index (χ1n) is 9.16. The van der Waals surface area contributed by atoms with Crippen molar-refractivity contribution in [3.8, 4) is 28.8 Å². The van der Waals surface area contributed by atoms with E-state index in [1.165, 1.54) is 24.9 Å². The number of benzene rings is 1. The number of carbonyl (C=O) groups excluding carboxylic acids is 1. The van der Waals surface area contributed by atoms with Crippen LogP contribution in [0.2, 0.25) is 0 Å². The number of hydrogen-bond donors (Lipinski definition) is 1. The lowest BCUT2D eigenvalue weighted by atomic mass is 10.1. The molecule has 160 valence electrons. The summed E-state index contributed by atoms with van der Waals surface area (Å²) in [6.07, 6.45) is 1.77. The van der Waals surface area contributed by atoms with Crippen LogP contribution in [-0.4, -0.2) is 35.9 Å². The Morgan fingerprint density at radius 1 is 1.26 bits per heavy atom. The van der Waals surface area contributed by atoms with Crippen LogP contribution in [0.5, 0.6) is 11.5 Å². The van der Waals surface area contributed by atoms with Gasteiger partial charge in [0.15, 0.2) is 16.7 Å². The minimum absolute atomic E-state index is 0.0553. The van der Waals surface area contributed by atoms with E-state index in [-0.39, 0.29) is 23.6 Å². The van der Waals surface area contributed by atoms with E-state index in [0.29, 0.717) is 34.6 Å². The van der Waals surface area contributed by atoms with Crippen molar-refractivity contribution in [1.82, 2.24) is 9.97 Å². The Bertz CT molecular complexity index is 1190. The van der Waals surface area contributed by atoms with Gasteiger partial charge < -0.3 is 23.6 Å². The fourth-order valence-corrected chi connectivity index (χ4v) is 3.10. The minimum Gasteiger partial charge on any atom is -0.490 e. The zero-order valence-electron chi connectivity index (χ0n) is 17.1. The summed E-state index contributed by atoms with van der Waals surface area (Å²) in [6.45, 7) is 2.25. The second kappa shape index (κ2) is 9.86. The number of nitriles is 1. The van der Waals surface area contributed by atoms with Crippen LogP contribution in [-0.2, 0) is 11.3 Å². The Morgan fingerprint density at radius 2 is 2.06 bits per heavy atom. The molecule has 10 heteroatoms. The highest BCUT2D eigenvalue weighted by molar-refractivity contribution is 7.98. The Kier molecular flexibility index (Phi) is 6.99. The normalized spacial score (nSPS) is 10.4. The van der Waals surface area contributed by atoms with Gasteiger partial charge in [0.05, 0.1) is 19.4 Å². The number of H-pyrrole nitrogens is 1. The van der Waals surface area contributed by atoms with Crippen LogP contribution in [0.15, 0.2) is 44.7 Å². The van der Waals surface area contributed by atoms with Gasteiger partial charge in [0, 0.05) is 5.56 Å². The largest absolute Gasteiger partial charge is 0.490 e. The highest BCUT2D eigenvalue weighted by Gasteiger charge is 2.17. The molecule has 0 saturated carbocycles. The Balaban J connectivity index is 1.91. The number of carbonyl (C=O) groups is 1. The zero-order chi connectivity index (χ0) is 22.4. The molecule has 0 aliphatic heterocycles. The van der Waals surface area contributed by atoms with Crippen molar-refractivity contribution in [2.24, 2.45) is 0 Å². The highest BCUT2D eigenvalue weighted by atomic mass is 32.2. The van der Waals surface area contributed by atoms with Gasteiger partial charge in [0.2, 0.25) is 5.76 Å². The summed E-state index contributed by atoms with van der Waals surface area (Å²) >= 11 is 1.26. The third-order valence-electron chi connectivity index (χ3n) is 4.14. The summed E-state index contributed by atoms with van der Waals surface area (Å²) in [7, 11) is 1.27. The van der Waals surface area contributed by atoms with Crippen LogP contribution in [0.4, 0.5) is 0 Å². The zero-order valence-corrected chi connectivity index (χ0v) is 17.9. The number of furan rings is 1. The molecule has 2 aromatic heterocycles. The maximum absolute atomic E-state index is 12.2. The molecule has 3 rings (SSSR count). The molecule has 9 nitrogen and oxygen atoms in total. The minimum atomic E-state index is -0.575. The molecule has 0 fully saturated rings. The highest BCUT2D eigenvalue weighted by Crippen LogP contribution is 2.34. The maximum Gasteiger partial charge on any atom is 0.373 e. The molecule has 0 amide bonds. The molecule has 0 spiro atoms. The van der Waals surface area contributed by atoms with Gasteiger partial charge in [-0.1, -0.05) is 11.8 Å². The van der Waals surface area contributed by atoms with Gasteiger partial charge in [-0.05, 0) is 43.5 Å². The number of aromatic nitrogens is 2. The smallest absolute Gasteiger partial charge is 0.373 e. The Hall–Kier alpha value is -3.71. The maximum atomic E-state index is 12.2. The third-order valence-corrected chi connectivity index (χ3v) is 4.72. The molecule has 0 unspecified atom stereocenters. The second-order valence-corrected chi connectivity index (χ2v) is 6.85. The van der Waals surface area contributed by atoms with Crippen LogP contribution >= 0.6 is 11.8 Å². The van der Waals surface area contributed by atoms with E-state index in [1.54, 1.807) is 30.5 Å². The number of nitrogens with one attached hydrogen (secondary N) is 1. The quantitative estimate of drug-likeness (QED) is 0.318. The molecule has 3 aromatic rings. The SMILES string of the molecule is CCOc1cc(-c2nc(SC)[nH]c(=O)c2C#N)ccc1OCc1ccc(C(=O)OC)o1. The van der Waals surface area contributed by atoms with Crippen molar-refractivity contribution in [3.63, 3.8) is 0 Å². The lowest BCUT2D eigenvalue weighted by Gasteiger charge is -2.13. The Morgan fingerprint density at radius 3 is 2.74 bits per heavy atom. The summed E-state index contributed by atoms with van der Waals surface area (Å²) in [4.78, 5) is 30.6. The first-order chi connectivity index (χ1) is 15.0. The summed E-state index contributed by atoms with van der Waals surface area (Å²) in [5, 5.41) is 9.80. The molecule has 2 heterocycles. The molecule has 1 N–H and O–H groups in total. The standard InChI is InChI=1S/C21H19N3O6S/c1-4-28-17-9-12(18-14(10-22)19(25)24-21(23-18)31-3)5-7-15(17)29-11-13-6-8-16(30-13)20(26)27-2/h5-9H,4,11H2,1-3H3,(H,23,24,25). The van der Waals surface area contributed by atoms with Gasteiger partial charge in [0.1, 0.15) is 24.0 Å². The van der Waals surface area contributed by atoms with Crippen molar-refractivity contribution >= 4 is 17.7 Å². The van der Waals surface area contributed by atoms with Gasteiger partial charge in [-0.15, -0.1) is 0 Å². The fourth-order valence-electron chi connectivity index (χ4n) is 2.72. The number of hydrogen-bond acceptors (Lipinski definition) is 9. The molecule has 0 atom stereocenters. The summed E-state index contributed by atoms with van der Waals surface area (Å²) in [5.41, 5.74) is 0.214. The van der Waals surface area contributed by atoms with Crippen molar-refractivity contribution in [1.29, 1.82) is 5.26 Å². The van der Waals surface area contributed by atoms with Crippen LogP contribution in [0, 0.1) is 11.3 Å². The summed E-state index contributed by atoms with van der Waals surface area (Å²) < 4.78 is 21.5. The average Bonchev–Trinajstić information content (AvgIpc) is 3.26. The average molecular weight is 441 g/mol. The molecule has 0 bridgehead atoms. The van der Waals surface area contributed by atoms with E-state index in [0.717, 1.165) is 0 Å². The number of methoxy groups -OCH3 is 1. The van der Waals surface area contributed by atoms with E-state index < -0.39 is 11.5 Å². The first-order valence-corrected chi connectivity index (χ1v) is 10.4. The molecule has 0 radical (unpaired) electrons. The van der Waals surface area contributed by atoms with E-state index in [4.69, 9.17) is 13.9 Å². The Labute approximate surface area is 182 Å². The van der Waals surface area contributed by atoms with Gasteiger partial charge in [-0.2, -0.15) is 5.26 Å². The lowest BCUT2D eigenvalue weighted by Crippen LogP contribution is -2.14. The second-order valence-electron chi connectivity index (χ2n) is 6.05. The number of nitrogens with zero attached hydrogens (tertiary/aromatic N) is 2. The van der Waals surface area contributed by atoms with Gasteiger partial charge in [-0.25, -0.2) is 9.78 Å². The molecule has 1 aromatic carbocycles. The number of aromatic amines is 1. The van der Waals surface area contributed by atoms with Crippen molar-refractivity contribution in [2.75, 3.05) is 20.0 Å². The van der Waals surface area contributed by atoms with Crippen molar-refractivity contribution < 1.29 is 23.4 Å². The number of esters is 1. The van der Waals surface area contributed by atoms with Crippen LogP contribution in [0.3, 0.4) is 0 Å². The van der Waals surface area contributed by atoms with Gasteiger partial charge in [0.25, 0.3) is 5.56 Å². The van der Waals surface area contributed by atoms with Crippen molar-refractivity contribution in [3.05, 3.63) is 57.8 Å². The van der Waals surface area contributed by atoms with E-state index >= 15 is 0 Å². The van der Waals surface area contributed by atoms with Gasteiger partial charge in [-0.3, -0.25) is 4.79 Å². The lowest BCUT2D eigenvalue weighted by molar-refractivity contribution is 0.0561. The topological polar surface area (TPSA) is 127 Å². The molecule has 0 saturated heterocycles. The fraction of sp³-hybridized carbons (Fsp3) is 0.238.